The van der Waals surface area contributed by atoms with Crippen LogP contribution < -0.4 is 10.5 Å². The Balaban J connectivity index is 1.56. The van der Waals surface area contributed by atoms with E-state index >= 15 is 0 Å². The van der Waals surface area contributed by atoms with Gasteiger partial charge >= 0.3 is 0 Å². The van der Waals surface area contributed by atoms with E-state index in [9.17, 15) is 4.79 Å². The van der Waals surface area contributed by atoms with Gasteiger partial charge in [-0.05, 0) is 48.9 Å². The monoisotopic (exact) mass is 455 g/mol. The number of aryl methyl sites for hydroxylation is 1. The van der Waals surface area contributed by atoms with Crippen LogP contribution in [-0.2, 0) is 7.05 Å². The Bertz CT molecular complexity index is 1360. The minimum absolute atomic E-state index is 0.0857. The average molecular weight is 456 g/mol. The largest absolute Gasteiger partial charge is 0.489 e. The Morgan fingerprint density at radius 2 is 1.97 bits per heavy atom. The second kappa shape index (κ2) is 8.91. The highest BCUT2D eigenvalue weighted by Gasteiger charge is 2.23. The molecule has 7 heteroatoms. The lowest BCUT2D eigenvalue weighted by Crippen LogP contribution is -2.22. The molecule has 1 saturated heterocycles. The highest BCUT2D eigenvalue weighted by atomic mass is 16.5. The number of rotatable bonds is 6. The third kappa shape index (κ3) is 4.26. The Morgan fingerprint density at radius 3 is 2.68 bits per heavy atom. The fraction of sp³-hybridized carbons (Fsp3) is 0.296. The van der Waals surface area contributed by atoms with E-state index in [2.05, 4.69) is 36.1 Å². The van der Waals surface area contributed by atoms with E-state index < -0.39 is 5.91 Å². The highest BCUT2D eigenvalue weighted by molar-refractivity contribution is 5.95. The number of pyridine rings is 1. The van der Waals surface area contributed by atoms with Crippen molar-refractivity contribution in [1.82, 2.24) is 19.7 Å². The molecule has 2 atom stereocenters. The zero-order chi connectivity index (χ0) is 23.8. The van der Waals surface area contributed by atoms with Crippen molar-refractivity contribution in [3.63, 3.8) is 0 Å². The maximum absolute atomic E-state index is 12.5. The van der Waals surface area contributed by atoms with E-state index in [0.717, 1.165) is 52.8 Å². The second-order valence-corrected chi connectivity index (χ2v) is 9.14. The third-order valence-corrected chi connectivity index (χ3v) is 6.62. The lowest BCUT2D eigenvalue weighted by molar-refractivity contribution is 0.0998. The number of carbonyl (C=O) groups is 1. The molecule has 4 aromatic rings. The van der Waals surface area contributed by atoms with Crippen LogP contribution in [0.2, 0.25) is 0 Å². The van der Waals surface area contributed by atoms with Gasteiger partial charge < -0.3 is 15.4 Å². The predicted octanol–water partition coefficient (Wildman–Crippen LogP) is 3.97. The molecule has 7 nitrogen and oxygen atoms in total. The number of hydrogen-bond donors (Lipinski definition) is 1. The van der Waals surface area contributed by atoms with Crippen LogP contribution in [0.3, 0.4) is 0 Å². The molecule has 0 spiro atoms. The molecule has 5 rings (SSSR count). The minimum atomic E-state index is -0.457. The van der Waals surface area contributed by atoms with Gasteiger partial charge in [-0.25, -0.2) is 4.98 Å². The van der Waals surface area contributed by atoms with Crippen molar-refractivity contribution in [2.75, 3.05) is 20.1 Å². The summed E-state index contributed by atoms with van der Waals surface area (Å²) < 4.78 is 7.92. The van der Waals surface area contributed by atoms with Crippen LogP contribution in [0.1, 0.15) is 40.7 Å². The molecule has 1 aliphatic rings. The molecule has 0 unspecified atom stereocenters. The summed E-state index contributed by atoms with van der Waals surface area (Å²) in [6, 6.07) is 15.9. The van der Waals surface area contributed by atoms with E-state index in [1.165, 1.54) is 0 Å². The van der Waals surface area contributed by atoms with Crippen LogP contribution in [0.15, 0.2) is 60.9 Å². The van der Waals surface area contributed by atoms with Gasteiger partial charge in [0.15, 0.2) is 0 Å². The predicted molar refractivity (Wildman–Crippen MR) is 133 cm³/mol. The van der Waals surface area contributed by atoms with Gasteiger partial charge in [0.25, 0.3) is 0 Å². The number of likely N-dealkylation sites (N-methyl/N-ethyl adjacent to an activating group) is 1. The first-order valence-electron chi connectivity index (χ1n) is 11.6. The molecule has 2 N–H and O–H groups in total. The molecular weight excluding hydrogens is 426 g/mol. The quantitative estimate of drug-likeness (QED) is 0.475. The molecule has 0 radical (unpaired) electrons. The van der Waals surface area contributed by atoms with Crippen molar-refractivity contribution < 1.29 is 9.53 Å². The fourth-order valence-electron chi connectivity index (χ4n) is 4.81. The number of carbonyl (C=O) groups excluding carboxylic acids is 1. The van der Waals surface area contributed by atoms with E-state index in [0.29, 0.717) is 11.3 Å². The van der Waals surface area contributed by atoms with E-state index in [4.69, 9.17) is 15.5 Å². The summed E-state index contributed by atoms with van der Waals surface area (Å²) in [7, 11) is 3.97. The molecule has 1 fully saturated rings. The van der Waals surface area contributed by atoms with E-state index in [-0.39, 0.29) is 12.0 Å². The Morgan fingerprint density at radius 1 is 1.15 bits per heavy atom. The molecule has 0 saturated carbocycles. The molecule has 174 valence electrons. The SMILES string of the molecule is C[C@@H](c1ccc(O[C@H]2CCN(C)C2)cc1C(N)=O)c1cc(-c2cnn(C)c2)nc2ccccc12. The van der Waals surface area contributed by atoms with Gasteiger partial charge in [0.2, 0.25) is 5.91 Å². The van der Waals surface area contributed by atoms with Crippen molar-refractivity contribution in [3.05, 3.63) is 77.6 Å². The molecule has 1 amide bonds. The first-order valence-corrected chi connectivity index (χ1v) is 11.6. The number of likely N-dealkylation sites (tertiary alicyclic amines) is 1. The van der Waals surface area contributed by atoms with E-state index in [1.54, 1.807) is 10.7 Å². The number of nitrogens with two attached hydrogens (primary N) is 1. The minimum Gasteiger partial charge on any atom is -0.489 e. The van der Waals surface area contributed by atoms with Crippen LogP contribution in [0.5, 0.6) is 5.75 Å². The number of para-hydroxylation sites is 1. The molecule has 0 bridgehead atoms. The zero-order valence-corrected chi connectivity index (χ0v) is 19.7. The summed E-state index contributed by atoms with van der Waals surface area (Å²) in [5.41, 5.74) is 11.0. The van der Waals surface area contributed by atoms with Crippen molar-refractivity contribution >= 4 is 16.8 Å². The van der Waals surface area contributed by atoms with Crippen LogP contribution in [0, 0.1) is 0 Å². The van der Waals surface area contributed by atoms with Crippen LogP contribution in [-0.4, -0.2) is 51.8 Å². The van der Waals surface area contributed by atoms with Crippen molar-refractivity contribution in [2.45, 2.75) is 25.4 Å². The maximum atomic E-state index is 12.5. The summed E-state index contributed by atoms with van der Waals surface area (Å²) in [4.78, 5) is 19.6. The van der Waals surface area contributed by atoms with Crippen molar-refractivity contribution in [2.24, 2.45) is 12.8 Å². The number of ether oxygens (including phenoxy) is 1. The lowest BCUT2D eigenvalue weighted by Gasteiger charge is -2.20. The van der Waals surface area contributed by atoms with E-state index in [1.807, 2.05) is 49.8 Å². The summed E-state index contributed by atoms with van der Waals surface area (Å²) in [5.74, 6) is 0.139. The van der Waals surface area contributed by atoms with Gasteiger partial charge in [0, 0.05) is 48.8 Å². The first-order chi connectivity index (χ1) is 16.4. The molecule has 2 aromatic heterocycles. The van der Waals surface area contributed by atoms with Crippen LogP contribution >= 0.6 is 0 Å². The number of benzene rings is 2. The molecule has 0 aliphatic carbocycles. The van der Waals surface area contributed by atoms with Crippen molar-refractivity contribution in [1.29, 1.82) is 0 Å². The fourth-order valence-corrected chi connectivity index (χ4v) is 4.81. The molecular formula is C27H29N5O2. The van der Waals surface area contributed by atoms with Gasteiger partial charge in [-0.2, -0.15) is 5.10 Å². The Hall–Kier alpha value is -3.71. The normalized spacial score (nSPS) is 17.2. The number of primary amides is 1. The molecule has 34 heavy (non-hydrogen) atoms. The number of amides is 1. The van der Waals surface area contributed by atoms with Gasteiger partial charge in [0.05, 0.1) is 17.4 Å². The highest BCUT2D eigenvalue weighted by Crippen LogP contribution is 2.35. The zero-order valence-electron chi connectivity index (χ0n) is 19.7. The second-order valence-electron chi connectivity index (χ2n) is 9.14. The standard InChI is InChI=1S/C27H29N5O2/c1-17(21-9-8-19(12-24(21)27(28)33)34-20-10-11-31(2)16-20)23-13-26(18-14-29-32(3)15-18)30-25-7-5-4-6-22(23)25/h4-9,12-15,17,20H,10-11,16H2,1-3H3,(H2,28,33)/t17-,20-/m0/s1. The average Bonchev–Trinajstić information content (AvgIpc) is 3.45. The van der Waals surface area contributed by atoms with Gasteiger partial charge in [-0.1, -0.05) is 31.2 Å². The van der Waals surface area contributed by atoms with Crippen molar-refractivity contribution in [3.8, 4) is 17.0 Å². The molecule has 1 aliphatic heterocycles. The number of nitrogens with zero attached hydrogens (tertiary/aromatic N) is 4. The first kappa shape index (κ1) is 22.1. The summed E-state index contributed by atoms with van der Waals surface area (Å²) in [6.07, 6.45) is 4.86. The number of aromatic nitrogens is 3. The topological polar surface area (TPSA) is 86.3 Å². The van der Waals surface area contributed by atoms with Gasteiger partial charge in [0.1, 0.15) is 11.9 Å². The Kier molecular flexibility index (Phi) is 5.79. The summed E-state index contributed by atoms with van der Waals surface area (Å²) in [5, 5.41) is 5.35. The van der Waals surface area contributed by atoms with Crippen LogP contribution in [0.4, 0.5) is 0 Å². The van der Waals surface area contributed by atoms with Crippen LogP contribution in [0.25, 0.3) is 22.2 Å². The number of hydrogen-bond acceptors (Lipinski definition) is 5. The molecule has 2 aromatic carbocycles. The Labute approximate surface area is 199 Å². The smallest absolute Gasteiger partial charge is 0.249 e. The molecule has 3 heterocycles. The third-order valence-electron chi connectivity index (χ3n) is 6.62. The summed E-state index contributed by atoms with van der Waals surface area (Å²) >= 11 is 0. The lowest BCUT2D eigenvalue weighted by atomic mass is 9.86. The summed E-state index contributed by atoms with van der Waals surface area (Å²) in [6.45, 7) is 3.99. The number of fused-ring (bicyclic) bond motifs is 1. The van der Waals surface area contributed by atoms with Gasteiger partial charge in [-0.3, -0.25) is 9.48 Å². The maximum Gasteiger partial charge on any atom is 0.249 e. The van der Waals surface area contributed by atoms with Gasteiger partial charge in [-0.15, -0.1) is 0 Å².